The average molecular weight is 583 g/mol. The Balaban J connectivity index is 2.02. The van der Waals surface area contributed by atoms with Gasteiger partial charge >= 0.3 is 12.1 Å². The Morgan fingerprint density at radius 3 is 1.79 bits per heavy atom. The van der Waals surface area contributed by atoms with Crippen LogP contribution in [0.3, 0.4) is 0 Å². The highest BCUT2D eigenvalue weighted by Gasteiger charge is 2.39. The van der Waals surface area contributed by atoms with Crippen molar-refractivity contribution in [3.8, 4) is 0 Å². The fraction of sp³-hybridized carbons (Fsp3) is 0.452. The summed E-state index contributed by atoms with van der Waals surface area (Å²) in [5.74, 6) is -2.82. The summed E-state index contributed by atoms with van der Waals surface area (Å²) >= 11 is 0. The largest absolute Gasteiger partial charge is 0.467 e. The highest BCUT2D eigenvalue weighted by atomic mass is 16.5. The van der Waals surface area contributed by atoms with Gasteiger partial charge in [0.2, 0.25) is 17.7 Å². The predicted octanol–water partition coefficient (Wildman–Crippen LogP) is 2.63. The molecule has 0 saturated carbocycles. The summed E-state index contributed by atoms with van der Waals surface area (Å²) in [6, 6.07) is 16.3. The van der Waals surface area contributed by atoms with Crippen LogP contribution in [-0.2, 0) is 41.7 Å². The van der Waals surface area contributed by atoms with Crippen molar-refractivity contribution in [2.75, 3.05) is 7.11 Å². The van der Waals surface area contributed by atoms with Crippen LogP contribution in [-0.4, -0.2) is 60.1 Å². The van der Waals surface area contributed by atoms with E-state index in [1.54, 1.807) is 13.8 Å². The van der Waals surface area contributed by atoms with Crippen molar-refractivity contribution < 1.29 is 33.4 Å². The first-order valence-electron chi connectivity index (χ1n) is 13.7. The molecule has 0 heterocycles. The number of ether oxygens (including phenoxy) is 2. The second kappa shape index (κ2) is 15.0. The van der Waals surface area contributed by atoms with Gasteiger partial charge in [0.1, 0.15) is 29.8 Å². The van der Waals surface area contributed by atoms with Gasteiger partial charge in [-0.15, -0.1) is 0 Å². The zero-order valence-electron chi connectivity index (χ0n) is 25.3. The monoisotopic (exact) mass is 582 g/mol. The van der Waals surface area contributed by atoms with Crippen LogP contribution < -0.4 is 21.3 Å². The normalized spacial score (nSPS) is 12.9. The third-order valence-corrected chi connectivity index (χ3v) is 6.51. The Morgan fingerprint density at radius 1 is 0.738 bits per heavy atom. The maximum Gasteiger partial charge on any atom is 0.408 e. The molecule has 0 bridgehead atoms. The van der Waals surface area contributed by atoms with Crippen molar-refractivity contribution in [3.05, 3.63) is 71.8 Å². The van der Waals surface area contributed by atoms with E-state index in [0.717, 1.165) is 11.1 Å². The van der Waals surface area contributed by atoms with Crippen molar-refractivity contribution in [2.45, 2.75) is 77.7 Å². The minimum absolute atomic E-state index is 0.0341. The van der Waals surface area contributed by atoms with E-state index in [-0.39, 0.29) is 18.9 Å². The lowest BCUT2D eigenvalue weighted by molar-refractivity contribution is -0.146. The van der Waals surface area contributed by atoms with E-state index < -0.39 is 52.9 Å². The number of hydrogen-bond acceptors (Lipinski definition) is 7. The number of carbonyl (C=O) groups is 5. The van der Waals surface area contributed by atoms with Crippen LogP contribution in [0.5, 0.6) is 0 Å². The van der Waals surface area contributed by atoms with Gasteiger partial charge in [-0.3, -0.25) is 14.4 Å². The minimum atomic E-state index is -1.47. The number of esters is 1. The molecule has 0 aliphatic heterocycles. The van der Waals surface area contributed by atoms with Crippen molar-refractivity contribution in [2.24, 2.45) is 5.92 Å². The number of hydrogen-bond donors (Lipinski definition) is 4. The molecule has 0 spiro atoms. The van der Waals surface area contributed by atoms with E-state index in [9.17, 15) is 24.0 Å². The second-order valence-electron chi connectivity index (χ2n) is 11.4. The molecule has 0 aromatic heterocycles. The number of benzene rings is 2. The molecule has 0 unspecified atom stereocenters. The Labute approximate surface area is 247 Å². The van der Waals surface area contributed by atoms with Crippen molar-refractivity contribution >= 4 is 29.8 Å². The molecule has 0 aliphatic rings. The van der Waals surface area contributed by atoms with Crippen LogP contribution in [0.2, 0.25) is 0 Å². The average Bonchev–Trinajstić information content (AvgIpc) is 2.94. The quantitative estimate of drug-likeness (QED) is 0.265. The first kappa shape index (κ1) is 33.8. The molecular weight excluding hydrogens is 540 g/mol. The summed E-state index contributed by atoms with van der Waals surface area (Å²) < 4.78 is 10.1. The number of alkyl carbamates (subject to hydrolysis) is 1. The Bertz CT molecular complexity index is 1230. The van der Waals surface area contributed by atoms with Gasteiger partial charge in [0.25, 0.3) is 0 Å². The topological polar surface area (TPSA) is 152 Å². The number of rotatable bonds is 13. The van der Waals surface area contributed by atoms with E-state index in [1.165, 1.54) is 34.8 Å². The lowest BCUT2D eigenvalue weighted by Crippen LogP contribution is -2.65. The van der Waals surface area contributed by atoms with Crippen LogP contribution in [0.15, 0.2) is 60.7 Å². The molecule has 2 aromatic rings. The van der Waals surface area contributed by atoms with Gasteiger partial charge in [0.05, 0.1) is 7.11 Å². The highest BCUT2D eigenvalue weighted by molar-refractivity contribution is 5.98. The number of methoxy groups -OCH3 is 1. The summed E-state index contributed by atoms with van der Waals surface area (Å²) in [7, 11) is 1.23. The van der Waals surface area contributed by atoms with Crippen molar-refractivity contribution in [1.82, 2.24) is 21.3 Å². The first-order valence-corrected chi connectivity index (χ1v) is 13.7. The molecule has 0 aliphatic carbocycles. The zero-order valence-corrected chi connectivity index (χ0v) is 25.3. The molecule has 42 heavy (non-hydrogen) atoms. The lowest BCUT2D eigenvalue weighted by atomic mass is 9.96. The van der Waals surface area contributed by atoms with Gasteiger partial charge in [-0.2, -0.15) is 0 Å². The molecular formula is C31H42N4O7. The Morgan fingerprint density at radius 2 is 1.26 bits per heavy atom. The van der Waals surface area contributed by atoms with Crippen molar-refractivity contribution in [3.63, 3.8) is 0 Å². The van der Waals surface area contributed by atoms with Crippen LogP contribution in [0.25, 0.3) is 0 Å². The molecule has 2 rings (SSSR count). The number of amides is 4. The van der Waals surface area contributed by atoms with Crippen LogP contribution in [0.1, 0.15) is 52.7 Å². The summed E-state index contributed by atoms with van der Waals surface area (Å²) in [4.78, 5) is 64.4. The molecule has 11 nitrogen and oxygen atoms in total. The Kier molecular flexibility index (Phi) is 12.1. The molecule has 4 amide bonds. The fourth-order valence-corrected chi connectivity index (χ4v) is 3.89. The zero-order chi connectivity index (χ0) is 31.5. The maximum atomic E-state index is 13.3. The molecule has 4 N–H and O–H groups in total. The van der Waals surface area contributed by atoms with E-state index in [2.05, 4.69) is 21.3 Å². The van der Waals surface area contributed by atoms with Crippen molar-refractivity contribution in [1.29, 1.82) is 0 Å². The molecule has 0 fully saturated rings. The summed E-state index contributed by atoms with van der Waals surface area (Å²) in [6.07, 6.45) is -0.578. The van der Waals surface area contributed by atoms with Gasteiger partial charge in [-0.05, 0) is 44.7 Å². The highest BCUT2D eigenvalue weighted by Crippen LogP contribution is 2.13. The Hall–Kier alpha value is -4.41. The molecule has 0 radical (unpaired) electrons. The third-order valence-electron chi connectivity index (χ3n) is 6.51. The smallest absolute Gasteiger partial charge is 0.408 e. The number of nitrogens with one attached hydrogen (secondary N) is 4. The van der Waals surface area contributed by atoms with Crippen LogP contribution in [0, 0.1) is 5.92 Å². The van der Waals surface area contributed by atoms with E-state index in [4.69, 9.17) is 9.47 Å². The molecule has 11 heteroatoms. The predicted molar refractivity (Wildman–Crippen MR) is 157 cm³/mol. The van der Waals surface area contributed by atoms with Gasteiger partial charge < -0.3 is 30.7 Å². The SMILES string of the molecule is COC(=O)[C@H](Cc1ccccc1)NC(=O)C(C)(C)NC(=O)C(C)(C)NC(=O)[C@H](NC(=O)OCc1ccccc1)C(C)C. The summed E-state index contributed by atoms with van der Waals surface area (Å²) in [5.41, 5.74) is -1.32. The summed E-state index contributed by atoms with van der Waals surface area (Å²) in [5, 5.41) is 10.5. The second-order valence-corrected chi connectivity index (χ2v) is 11.4. The van der Waals surface area contributed by atoms with Crippen LogP contribution >= 0.6 is 0 Å². The first-order chi connectivity index (χ1) is 19.7. The maximum absolute atomic E-state index is 13.3. The van der Waals surface area contributed by atoms with Crippen LogP contribution in [0.4, 0.5) is 4.79 Å². The van der Waals surface area contributed by atoms with Gasteiger partial charge in [0, 0.05) is 6.42 Å². The molecule has 2 aromatic carbocycles. The van der Waals surface area contributed by atoms with E-state index in [0.29, 0.717) is 0 Å². The third kappa shape index (κ3) is 10.2. The number of carbonyl (C=O) groups excluding carboxylic acids is 5. The minimum Gasteiger partial charge on any atom is -0.467 e. The van der Waals surface area contributed by atoms with Gasteiger partial charge in [0.15, 0.2) is 0 Å². The van der Waals surface area contributed by atoms with E-state index in [1.807, 2.05) is 60.7 Å². The van der Waals surface area contributed by atoms with Gasteiger partial charge in [-0.1, -0.05) is 74.5 Å². The van der Waals surface area contributed by atoms with Gasteiger partial charge in [-0.25, -0.2) is 9.59 Å². The molecule has 228 valence electrons. The van der Waals surface area contributed by atoms with E-state index >= 15 is 0 Å². The molecule has 2 atom stereocenters. The fourth-order valence-electron chi connectivity index (χ4n) is 3.89. The lowest BCUT2D eigenvalue weighted by Gasteiger charge is -2.33. The summed E-state index contributed by atoms with van der Waals surface area (Å²) in [6.45, 7) is 9.45. The standard InChI is InChI=1S/C31H42N4O7/c1-20(2)24(33-29(40)42-19-22-16-12-9-13-17-22)25(36)34-31(5,6)28(39)35-30(3,4)27(38)32-23(26(37)41-7)18-21-14-10-8-11-15-21/h8-17,20,23-24H,18-19H2,1-7H3,(H,32,38)(H,33,40)(H,34,36)(H,35,39)/t23-,24+/m0/s1. The molecule has 0 saturated heterocycles.